The van der Waals surface area contributed by atoms with Gasteiger partial charge in [0.25, 0.3) is 10.0 Å². The number of carbonyl (C=O) groups excluding carboxylic acids is 1. The fraction of sp³-hybridized carbons (Fsp3) is 0.350. The van der Waals surface area contributed by atoms with Gasteiger partial charge in [0.1, 0.15) is 6.54 Å². The van der Waals surface area contributed by atoms with Crippen LogP contribution in [0.4, 0.5) is 5.69 Å². The Morgan fingerprint density at radius 1 is 1.25 bits per heavy atom. The van der Waals surface area contributed by atoms with Crippen molar-refractivity contribution in [1.82, 2.24) is 5.32 Å². The topological polar surface area (TPSA) is 75.7 Å². The van der Waals surface area contributed by atoms with Crippen molar-refractivity contribution in [2.75, 3.05) is 24.0 Å². The summed E-state index contributed by atoms with van der Waals surface area (Å²) in [6.45, 7) is 2.50. The minimum atomic E-state index is -3.92. The first-order chi connectivity index (χ1) is 13.4. The smallest absolute Gasteiger partial charge is 0.264 e. The van der Waals surface area contributed by atoms with Crippen molar-refractivity contribution in [3.05, 3.63) is 59.1 Å². The zero-order valence-corrected chi connectivity index (χ0v) is 17.2. The van der Waals surface area contributed by atoms with Gasteiger partial charge in [0.05, 0.1) is 16.7 Å². The van der Waals surface area contributed by atoms with Crippen molar-refractivity contribution in [2.45, 2.75) is 30.8 Å². The van der Waals surface area contributed by atoms with E-state index >= 15 is 0 Å². The van der Waals surface area contributed by atoms with Crippen molar-refractivity contribution in [1.29, 1.82) is 0 Å². The second-order valence-electron chi connectivity index (χ2n) is 6.69. The summed E-state index contributed by atoms with van der Waals surface area (Å²) in [4.78, 5) is 12.7. The van der Waals surface area contributed by atoms with E-state index in [0.717, 1.165) is 17.1 Å². The average Bonchev–Trinajstić information content (AvgIpc) is 3.19. The van der Waals surface area contributed by atoms with Crippen LogP contribution < -0.4 is 9.62 Å². The predicted molar refractivity (Wildman–Crippen MR) is 109 cm³/mol. The van der Waals surface area contributed by atoms with E-state index in [1.807, 2.05) is 0 Å². The van der Waals surface area contributed by atoms with E-state index in [0.29, 0.717) is 29.4 Å². The van der Waals surface area contributed by atoms with Crippen molar-refractivity contribution in [3.63, 3.8) is 0 Å². The van der Waals surface area contributed by atoms with Crippen LogP contribution in [0.25, 0.3) is 0 Å². The highest BCUT2D eigenvalue weighted by atomic mass is 35.5. The third kappa shape index (κ3) is 4.84. The minimum absolute atomic E-state index is 0.0135. The lowest BCUT2D eigenvalue weighted by Gasteiger charge is -2.26. The lowest BCUT2D eigenvalue weighted by molar-refractivity contribution is -0.120. The maximum absolute atomic E-state index is 13.3. The van der Waals surface area contributed by atoms with Gasteiger partial charge in [0, 0.05) is 18.2 Å². The number of aryl methyl sites for hydroxylation is 1. The van der Waals surface area contributed by atoms with Crippen LogP contribution in [-0.2, 0) is 19.6 Å². The molecule has 150 valence electrons. The number of nitrogens with one attached hydrogen (secondary N) is 1. The normalized spacial score (nSPS) is 16.7. The highest BCUT2D eigenvalue weighted by molar-refractivity contribution is 7.92. The maximum Gasteiger partial charge on any atom is 0.264 e. The number of halogens is 1. The summed E-state index contributed by atoms with van der Waals surface area (Å²) < 4.78 is 33.1. The molecule has 2 aromatic rings. The van der Waals surface area contributed by atoms with E-state index < -0.39 is 10.0 Å². The highest BCUT2D eigenvalue weighted by Crippen LogP contribution is 2.28. The molecule has 2 aromatic carbocycles. The molecule has 8 heteroatoms. The van der Waals surface area contributed by atoms with Gasteiger partial charge < -0.3 is 10.1 Å². The number of amides is 1. The quantitative estimate of drug-likeness (QED) is 0.743. The molecule has 1 aliphatic rings. The monoisotopic (exact) mass is 422 g/mol. The molecule has 0 bridgehead atoms. The number of benzene rings is 2. The number of carbonyl (C=O) groups is 1. The van der Waals surface area contributed by atoms with Crippen LogP contribution in [0.1, 0.15) is 18.4 Å². The Morgan fingerprint density at radius 3 is 2.64 bits per heavy atom. The molecule has 1 fully saturated rings. The van der Waals surface area contributed by atoms with Crippen molar-refractivity contribution < 1.29 is 17.9 Å². The number of ether oxygens (including phenoxy) is 1. The third-order valence-corrected chi connectivity index (χ3v) is 6.61. The molecule has 0 radical (unpaired) electrons. The molecule has 0 spiro atoms. The van der Waals surface area contributed by atoms with Gasteiger partial charge in [-0.15, -0.1) is 0 Å². The maximum atomic E-state index is 13.3. The fourth-order valence-electron chi connectivity index (χ4n) is 3.14. The Kier molecular flexibility index (Phi) is 6.59. The molecule has 1 amide bonds. The fourth-order valence-corrected chi connectivity index (χ4v) is 4.87. The zero-order valence-electron chi connectivity index (χ0n) is 15.6. The molecular weight excluding hydrogens is 400 g/mol. The third-order valence-electron chi connectivity index (χ3n) is 4.60. The molecule has 0 unspecified atom stereocenters. The lowest BCUT2D eigenvalue weighted by Crippen LogP contribution is -2.43. The molecule has 1 atom stereocenters. The first-order valence-electron chi connectivity index (χ1n) is 9.10. The zero-order chi connectivity index (χ0) is 20.1. The Bertz CT molecular complexity index is 928. The summed E-state index contributed by atoms with van der Waals surface area (Å²) in [5, 5.41) is 3.28. The summed E-state index contributed by atoms with van der Waals surface area (Å²) >= 11 is 6.02. The van der Waals surface area contributed by atoms with E-state index in [1.54, 1.807) is 43.3 Å². The van der Waals surface area contributed by atoms with Crippen molar-refractivity contribution in [2.24, 2.45) is 0 Å². The summed E-state index contributed by atoms with van der Waals surface area (Å²) in [7, 11) is -3.92. The van der Waals surface area contributed by atoms with Crippen LogP contribution in [0.3, 0.4) is 0 Å². The second kappa shape index (κ2) is 8.94. The van der Waals surface area contributed by atoms with Crippen LogP contribution in [0.2, 0.25) is 5.02 Å². The molecule has 0 aliphatic carbocycles. The molecule has 0 aromatic heterocycles. The number of hydrogen-bond acceptors (Lipinski definition) is 4. The van der Waals surface area contributed by atoms with Gasteiger partial charge in [0.2, 0.25) is 5.91 Å². The molecule has 6 nitrogen and oxygen atoms in total. The number of anilines is 1. The summed E-state index contributed by atoms with van der Waals surface area (Å²) in [5.74, 6) is -0.385. The molecule has 0 saturated carbocycles. The van der Waals surface area contributed by atoms with Crippen LogP contribution >= 0.6 is 11.6 Å². The van der Waals surface area contributed by atoms with Gasteiger partial charge in [-0.1, -0.05) is 29.8 Å². The number of rotatable bonds is 7. The van der Waals surface area contributed by atoms with Crippen LogP contribution in [0.15, 0.2) is 53.4 Å². The highest BCUT2D eigenvalue weighted by Gasteiger charge is 2.28. The summed E-state index contributed by atoms with van der Waals surface area (Å²) in [6, 6.07) is 13.0. The first-order valence-corrected chi connectivity index (χ1v) is 10.9. The molecule has 1 N–H and O–H groups in total. The molecule has 28 heavy (non-hydrogen) atoms. The van der Waals surface area contributed by atoms with Gasteiger partial charge in [-0.2, -0.15) is 0 Å². The van der Waals surface area contributed by atoms with E-state index in [9.17, 15) is 13.2 Å². The summed E-state index contributed by atoms with van der Waals surface area (Å²) in [6.07, 6.45) is 1.85. The number of nitrogens with zero attached hydrogens (tertiary/aromatic N) is 1. The van der Waals surface area contributed by atoms with Gasteiger partial charge in [0.15, 0.2) is 0 Å². The van der Waals surface area contributed by atoms with Gasteiger partial charge in [-0.3, -0.25) is 9.10 Å². The SMILES string of the molecule is Cc1cc(Cl)ccc1N(CC(=O)NC[C@@H]1CCCO1)S(=O)(=O)c1ccccc1. The van der Waals surface area contributed by atoms with Crippen molar-refractivity contribution >= 4 is 33.2 Å². The predicted octanol–water partition coefficient (Wildman–Crippen LogP) is 3.14. The van der Waals surface area contributed by atoms with Gasteiger partial charge >= 0.3 is 0 Å². The molecule has 1 saturated heterocycles. The largest absolute Gasteiger partial charge is 0.376 e. The van der Waals surface area contributed by atoms with E-state index in [2.05, 4.69) is 5.32 Å². The lowest BCUT2D eigenvalue weighted by atomic mass is 10.2. The minimum Gasteiger partial charge on any atom is -0.376 e. The second-order valence-corrected chi connectivity index (χ2v) is 8.99. The van der Waals surface area contributed by atoms with Crippen LogP contribution in [0, 0.1) is 6.92 Å². The first kappa shape index (κ1) is 20.6. The van der Waals surface area contributed by atoms with Crippen LogP contribution in [0.5, 0.6) is 0 Å². The Hall–Kier alpha value is -2.09. The molecule has 1 aliphatic heterocycles. The van der Waals surface area contributed by atoms with Gasteiger partial charge in [-0.25, -0.2) is 8.42 Å². The molecular formula is C20H23ClN2O4S. The van der Waals surface area contributed by atoms with E-state index in [1.165, 1.54) is 12.1 Å². The summed E-state index contributed by atoms with van der Waals surface area (Å²) in [5.41, 5.74) is 1.08. The Balaban J connectivity index is 1.87. The van der Waals surface area contributed by atoms with Crippen LogP contribution in [-0.4, -0.2) is 40.1 Å². The number of sulfonamides is 1. The van der Waals surface area contributed by atoms with E-state index in [-0.39, 0.29) is 23.5 Å². The Labute approximate surface area is 170 Å². The average molecular weight is 423 g/mol. The Morgan fingerprint density at radius 2 is 2.00 bits per heavy atom. The standard InChI is InChI=1S/C20H23ClN2O4S/c1-15-12-16(21)9-10-19(15)23(28(25,26)18-7-3-2-4-8-18)14-20(24)22-13-17-6-5-11-27-17/h2-4,7-10,12,17H,5-6,11,13-14H2,1H3,(H,22,24)/t17-/m0/s1. The van der Waals surface area contributed by atoms with Crippen molar-refractivity contribution in [3.8, 4) is 0 Å². The molecule has 3 rings (SSSR count). The van der Waals surface area contributed by atoms with Gasteiger partial charge in [-0.05, 0) is 55.7 Å². The number of hydrogen-bond donors (Lipinski definition) is 1. The molecule has 1 heterocycles. The van der Waals surface area contributed by atoms with E-state index in [4.69, 9.17) is 16.3 Å².